The third kappa shape index (κ3) is 5.33. The predicted octanol–water partition coefficient (Wildman–Crippen LogP) is 4.35. The van der Waals surface area contributed by atoms with E-state index < -0.39 is 0 Å². The van der Waals surface area contributed by atoms with E-state index >= 15 is 0 Å². The number of nitrogens with zero attached hydrogens (tertiary/aromatic N) is 1. The molecule has 0 bridgehead atoms. The third-order valence-electron chi connectivity index (χ3n) is 3.91. The first-order chi connectivity index (χ1) is 12.8. The fourth-order valence-corrected chi connectivity index (χ4v) is 2.62. The van der Waals surface area contributed by atoms with E-state index in [1.54, 1.807) is 0 Å². The molecule has 0 radical (unpaired) electrons. The van der Waals surface area contributed by atoms with Crippen molar-refractivity contribution in [2.45, 2.75) is 26.6 Å². The maximum atomic E-state index is 5.95. The van der Waals surface area contributed by atoms with Crippen LogP contribution in [-0.2, 0) is 19.7 Å². The van der Waals surface area contributed by atoms with E-state index in [0.717, 1.165) is 41.4 Å². The molecule has 1 N–H and O–H groups in total. The smallest absolute Gasteiger partial charge is 0.161 e. The molecule has 0 aliphatic rings. The summed E-state index contributed by atoms with van der Waals surface area (Å²) in [5, 5.41) is 3.41. The molecule has 1 aromatic heterocycles. The highest BCUT2D eigenvalue weighted by Gasteiger charge is 2.07. The van der Waals surface area contributed by atoms with Gasteiger partial charge in [0, 0.05) is 19.3 Å². The number of hydrogen-bond acceptors (Lipinski definition) is 4. The van der Waals surface area contributed by atoms with Gasteiger partial charge in [0.05, 0.1) is 12.3 Å². The summed E-state index contributed by atoms with van der Waals surface area (Å²) in [5.41, 5.74) is 3.31. The van der Waals surface area contributed by atoms with Crippen molar-refractivity contribution in [3.05, 3.63) is 89.7 Å². The number of aromatic nitrogens is 1. The van der Waals surface area contributed by atoms with E-state index in [9.17, 15) is 0 Å². The summed E-state index contributed by atoms with van der Waals surface area (Å²) in [6.45, 7) is 4.59. The van der Waals surface area contributed by atoms with Gasteiger partial charge in [0.15, 0.2) is 11.5 Å². The first kappa shape index (κ1) is 18.0. The molecule has 2 aromatic carbocycles. The highest BCUT2D eigenvalue weighted by atomic mass is 16.5. The van der Waals surface area contributed by atoms with Crippen LogP contribution in [0.25, 0.3) is 0 Å². The summed E-state index contributed by atoms with van der Waals surface area (Å²) in [7, 11) is 0. The van der Waals surface area contributed by atoms with Crippen molar-refractivity contribution in [3.63, 3.8) is 0 Å². The molecular formula is C22H24N2O2. The molecule has 1 heterocycles. The molecule has 4 heteroatoms. The van der Waals surface area contributed by atoms with Crippen LogP contribution in [0, 0.1) is 0 Å². The van der Waals surface area contributed by atoms with Crippen LogP contribution in [0.2, 0.25) is 0 Å². The first-order valence-corrected chi connectivity index (χ1v) is 8.88. The fraction of sp³-hybridized carbons (Fsp3) is 0.227. The van der Waals surface area contributed by atoms with Gasteiger partial charge < -0.3 is 14.8 Å². The number of hydrogen-bond donors (Lipinski definition) is 1. The minimum atomic E-state index is 0.526. The molecule has 0 saturated heterocycles. The van der Waals surface area contributed by atoms with Crippen molar-refractivity contribution >= 4 is 0 Å². The Balaban J connectivity index is 1.60. The molecule has 0 saturated carbocycles. The monoisotopic (exact) mass is 348 g/mol. The van der Waals surface area contributed by atoms with Crippen molar-refractivity contribution in [1.29, 1.82) is 0 Å². The van der Waals surface area contributed by atoms with Crippen LogP contribution < -0.4 is 14.8 Å². The summed E-state index contributed by atoms with van der Waals surface area (Å²) in [4.78, 5) is 4.32. The van der Waals surface area contributed by atoms with Crippen LogP contribution in [0.15, 0.2) is 72.9 Å². The number of benzene rings is 2. The standard InChI is InChI=1S/C22H24N2O2/c1-2-25-22-14-19(15-23-16-20-10-6-7-13-24-20)11-12-21(22)26-17-18-8-4-3-5-9-18/h3-14,23H,2,15-17H2,1H3. The molecule has 0 fully saturated rings. The Hall–Kier alpha value is -2.85. The molecule has 26 heavy (non-hydrogen) atoms. The van der Waals surface area contributed by atoms with Gasteiger partial charge in [-0.05, 0) is 42.3 Å². The van der Waals surface area contributed by atoms with E-state index in [1.807, 2.05) is 61.7 Å². The number of ether oxygens (including phenoxy) is 2. The lowest BCUT2D eigenvalue weighted by Gasteiger charge is -2.14. The van der Waals surface area contributed by atoms with Crippen LogP contribution >= 0.6 is 0 Å². The van der Waals surface area contributed by atoms with Crippen LogP contribution in [0.1, 0.15) is 23.7 Å². The Morgan fingerprint density at radius 2 is 1.65 bits per heavy atom. The molecular weight excluding hydrogens is 324 g/mol. The van der Waals surface area contributed by atoms with Crippen molar-refractivity contribution in [2.24, 2.45) is 0 Å². The second-order valence-electron chi connectivity index (χ2n) is 5.91. The van der Waals surface area contributed by atoms with Crippen LogP contribution in [-0.4, -0.2) is 11.6 Å². The van der Waals surface area contributed by atoms with Gasteiger partial charge in [0.1, 0.15) is 6.61 Å². The quantitative estimate of drug-likeness (QED) is 0.624. The molecule has 0 aliphatic heterocycles. The van der Waals surface area contributed by atoms with Gasteiger partial charge in [-0.3, -0.25) is 4.98 Å². The Bertz CT molecular complexity index is 792. The van der Waals surface area contributed by atoms with E-state index in [-0.39, 0.29) is 0 Å². The summed E-state index contributed by atoms with van der Waals surface area (Å²) in [5.74, 6) is 1.55. The number of nitrogens with one attached hydrogen (secondary N) is 1. The maximum absolute atomic E-state index is 5.95. The molecule has 0 unspecified atom stereocenters. The van der Waals surface area contributed by atoms with Gasteiger partial charge in [-0.1, -0.05) is 42.5 Å². The summed E-state index contributed by atoms with van der Waals surface area (Å²) >= 11 is 0. The van der Waals surface area contributed by atoms with E-state index in [4.69, 9.17) is 9.47 Å². The maximum Gasteiger partial charge on any atom is 0.161 e. The molecule has 3 rings (SSSR count). The summed E-state index contributed by atoms with van der Waals surface area (Å²) in [6, 6.07) is 22.1. The van der Waals surface area contributed by atoms with Crippen molar-refractivity contribution in [1.82, 2.24) is 10.3 Å². The van der Waals surface area contributed by atoms with E-state index in [0.29, 0.717) is 13.2 Å². The lowest BCUT2D eigenvalue weighted by molar-refractivity contribution is 0.269. The predicted molar refractivity (Wildman–Crippen MR) is 103 cm³/mol. The molecule has 0 spiro atoms. The summed E-state index contributed by atoms with van der Waals surface area (Å²) < 4.78 is 11.7. The molecule has 134 valence electrons. The lowest BCUT2D eigenvalue weighted by Crippen LogP contribution is -2.13. The van der Waals surface area contributed by atoms with Crippen molar-refractivity contribution < 1.29 is 9.47 Å². The van der Waals surface area contributed by atoms with Gasteiger partial charge in [-0.25, -0.2) is 0 Å². The second kappa shape index (κ2) is 9.59. The Morgan fingerprint density at radius 1 is 0.808 bits per heavy atom. The van der Waals surface area contributed by atoms with Crippen LogP contribution in [0.3, 0.4) is 0 Å². The van der Waals surface area contributed by atoms with Crippen molar-refractivity contribution in [3.8, 4) is 11.5 Å². The van der Waals surface area contributed by atoms with Gasteiger partial charge in [0.25, 0.3) is 0 Å². The minimum absolute atomic E-state index is 0.526. The highest BCUT2D eigenvalue weighted by Crippen LogP contribution is 2.29. The molecule has 0 amide bonds. The van der Waals surface area contributed by atoms with E-state index in [2.05, 4.69) is 28.5 Å². The SMILES string of the molecule is CCOc1cc(CNCc2ccccn2)ccc1OCc1ccccc1. The van der Waals surface area contributed by atoms with Gasteiger partial charge in [-0.15, -0.1) is 0 Å². The zero-order chi connectivity index (χ0) is 18.0. The average molecular weight is 348 g/mol. The third-order valence-corrected chi connectivity index (χ3v) is 3.91. The zero-order valence-electron chi connectivity index (χ0n) is 15.0. The fourth-order valence-electron chi connectivity index (χ4n) is 2.62. The highest BCUT2D eigenvalue weighted by molar-refractivity contribution is 5.43. The lowest BCUT2D eigenvalue weighted by atomic mass is 10.2. The largest absolute Gasteiger partial charge is 0.490 e. The molecule has 0 atom stereocenters. The molecule has 3 aromatic rings. The zero-order valence-corrected chi connectivity index (χ0v) is 15.0. The summed E-state index contributed by atoms with van der Waals surface area (Å²) in [6.07, 6.45) is 1.81. The topological polar surface area (TPSA) is 43.4 Å². The first-order valence-electron chi connectivity index (χ1n) is 8.88. The average Bonchev–Trinajstić information content (AvgIpc) is 2.69. The van der Waals surface area contributed by atoms with Gasteiger partial charge in [0.2, 0.25) is 0 Å². The van der Waals surface area contributed by atoms with Crippen molar-refractivity contribution in [2.75, 3.05) is 6.61 Å². The number of rotatable bonds is 9. The molecule has 0 aliphatic carbocycles. The van der Waals surface area contributed by atoms with E-state index in [1.165, 1.54) is 0 Å². The minimum Gasteiger partial charge on any atom is -0.490 e. The second-order valence-corrected chi connectivity index (χ2v) is 5.91. The van der Waals surface area contributed by atoms with Crippen LogP contribution in [0.4, 0.5) is 0 Å². The Labute approximate surface area is 154 Å². The van der Waals surface area contributed by atoms with Gasteiger partial charge >= 0.3 is 0 Å². The van der Waals surface area contributed by atoms with Crippen LogP contribution in [0.5, 0.6) is 11.5 Å². The molecule has 4 nitrogen and oxygen atoms in total. The number of pyridine rings is 1. The normalized spacial score (nSPS) is 10.5. The Kier molecular flexibility index (Phi) is 6.62. The van der Waals surface area contributed by atoms with Gasteiger partial charge in [-0.2, -0.15) is 0 Å². The Morgan fingerprint density at radius 3 is 2.42 bits per heavy atom.